The summed E-state index contributed by atoms with van der Waals surface area (Å²) in [5, 5.41) is 11.7. The topological polar surface area (TPSA) is 59.8 Å². The second kappa shape index (κ2) is 10.2. The monoisotopic (exact) mass is 450 g/mol. The van der Waals surface area contributed by atoms with Gasteiger partial charge in [0.25, 0.3) is 0 Å². The van der Waals surface area contributed by atoms with Crippen LogP contribution in [0.2, 0.25) is 0 Å². The van der Waals surface area contributed by atoms with E-state index in [2.05, 4.69) is 15.5 Å². The molecule has 5 nitrogen and oxygen atoms in total. The molecule has 1 heterocycles. The zero-order chi connectivity index (χ0) is 22.3. The fraction of sp³-hybridized carbons (Fsp3) is 0.125. The van der Waals surface area contributed by atoms with Crippen molar-refractivity contribution in [3.63, 3.8) is 0 Å². The molecule has 0 saturated carbocycles. The van der Waals surface area contributed by atoms with Crippen LogP contribution in [0.5, 0.6) is 0 Å². The minimum atomic E-state index is -0.403. The Hall–Kier alpha value is -3.52. The van der Waals surface area contributed by atoms with Gasteiger partial charge in [-0.15, -0.1) is 10.2 Å². The average Bonchev–Trinajstić information content (AvgIpc) is 3.23. The lowest BCUT2D eigenvalue weighted by molar-refractivity contribution is -0.118. The molecule has 1 amide bonds. The van der Waals surface area contributed by atoms with E-state index in [4.69, 9.17) is 0 Å². The summed E-state index contributed by atoms with van der Waals surface area (Å²) in [4.78, 5) is 12.3. The third-order valence-electron chi connectivity index (χ3n) is 4.77. The summed E-state index contributed by atoms with van der Waals surface area (Å²) in [7, 11) is 0. The van der Waals surface area contributed by atoms with E-state index in [1.54, 1.807) is 41.0 Å². The van der Waals surface area contributed by atoms with Gasteiger partial charge in [-0.1, -0.05) is 60.3 Å². The van der Waals surface area contributed by atoms with Gasteiger partial charge in [-0.2, -0.15) is 0 Å². The highest BCUT2D eigenvalue weighted by atomic mass is 32.2. The van der Waals surface area contributed by atoms with Crippen molar-refractivity contribution >= 4 is 17.7 Å². The van der Waals surface area contributed by atoms with E-state index >= 15 is 0 Å². The molecule has 0 aliphatic rings. The van der Waals surface area contributed by atoms with Gasteiger partial charge in [0.15, 0.2) is 11.0 Å². The fourth-order valence-electron chi connectivity index (χ4n) is 3.21. The number of benzene rings is 3. The molecule has 0 aliphatic carbocycles. The van der Waals surface area contributed by atoms with Crippen LogP contribution in [0.3, 0.4) is 0 Å². The molecule has 0 saturated heterocycles. The van der Waals surface area contributed by atoms with Crippen molar-refractivity contribution in [1.29, 1.82) is 0 Å². The molecule has 8 heteroatoms. The van der Waals surface area contributed by atoms with Crippen LogP contribution in [0.1, 0.15) is 5.56 Å². The number of amides is 1. The Morgan fingerprint density at radius 1 is 0.875 bits per heavy atom. The highest BCUT2D eigenvalue weighted by molar-refractivity contribution is 7.99. The van der Waals surface area contributed by atoms with Crippen molar-refractivity contribution < 1.29 is 13.6 Å². The molecule has 0 aliphatic heterocycles. The number of carbonyl (C=O) groups is 1. The van der Waals surface area contributed by atoms with Gasteiger partial charge in [-0.05, 0) is 42.3 Å². The van der Waals surface area contributed by atoms with Crippen molar-refractivity contribution in [3.05, 3.63) is 96.1 Å². The number of carbonyl (C=O) groups excluding carboxylic acids is 1. The van der Waals surface area contributed by atoms with Crippen LogP contribution in [0.25, 0.3) is 17.1 Å². The molecule has 4 rings (SSSR count). The summed E-state index contributed by atoms with van der Waals surface area (Å²) >= 11 is 1.20. The maximum absolute atomic E-state index is 14.4. The molecule has 1 N–H and O–H groups in total. The summed E-state index contributed by atoms with van der Waals surface area (Å²) < 4.78 is 29.9. The van der Waals surface area contributed by atoms with E-state index in [-0.39, 0.29) is 17.5 Å². The first-order chi connectivity index (χ1) is 15.6. The second-order valence-corrected chi connectivity index (χ2v) is 7.88. The predicted octanol–water partition coefficient (Wildman–Crippen LogP) is 4.66. The smallest absolute Gasteiger partial charge is 0.230 e. The van der Waals surface area contributed by atoms with Crippen molar-refractivity contribution in [2.75, 3.05) is 12.3 Å². The van der Waals surface area contributed by atoms with E-state index < -0.39 is 5.82 Å². The van der Waals surface area contributed by atoms with Gasteiger partial charge in [0, 0.05) is 12.2 Å². The number of rotatable bonds is 8. The molecule has 3 aromatic carbocycles. The number of halogens is 2. The number of para-hydroxylation sites is 1. The number of nitrogens with one attached hydrogen (secondary N) is 1. The van der Waals surface area contributed by atoms with Crippen molar-refractivity contribution in [2.45, 2.75) is 11.6 Å². The highest BCUT2D eigenvalue weighted by Gasteiger charge is 2.19. The number of aromatic nitrogens is 3. The third-order valence-corrected chi connectivity index (χ3v) is 5.70. The van der Waals surface area contributed by atoms with Crippen LogP contribution in [0, 0.1) is 11.6 Å². The maximum Gasteiger partial charge on any atom is 0.230 e. The zero-order valence-electron chi connectivity index (χ0n) is 17.0. The van der Waals surface area contributed by atoms with Crippen LogP contribution in [0.15, 0.2) is 84.0 Å². The van der Waals surface area contributed by atoms with Gasteiger partial charge >= 0.3 is 0 Å². The number of nitrogens with zero attached hydrogens (tertiary/aromatic N) is 3. The van der Waals surface area contributed by atoms with Crippen LogP contribution in [-0.2, 0) is 11.2 Å². The lowest BCUT2D eigenvalue weighted by atomic mass is 10.1. The summed E-state index contributed by atoms with van der Waals surface area (Å²) in [6.45, 7) is 0.326. The molecular weight excluding hydrogens is 430 g/mol. The SMILES string of the molecule is O=C(CSc1nnc(-c2ccccc2F)n1-c1ccccc1)NCCc1ccccc1F. The summed E-state index contributed by atoms with van der Waals surface area (Å²) in [5.41, 5.74) is 1.64. The Balaban J connectivity index is 1.47. The first-order valence-corrected chi connectivity index (χ1v) is 11.0. The Morgan fingerprint density at radius 3 is 2.31 bits per heavy atom. The first kappa shape index (κ1) is 21.7. The molecule has 0 bridgehead atoms. The van der Waals surface area contributed by atoms with Gasteiger partial charge in [0.2, 0.25) is 5.91 Å². The van der Waals surface area contributed by atoms with Gasteiger partial charge < -0.3 is 5.32 Å². The summed E-state index contributed by atoms with van der Waals surface area (Å²) in [6.07, 6.45) is 0.403. The molecular formula is C24H20F2N4OS. The van der Waals surface area contributed by atoms with E-state index in [1.807, 2.05) is 30.3 Å². The van der Waals surface area contributed by atoms with E-state index in [9.17, 15) is 13.6 Å². The third kappa shape index (κ3) is 5.03. The highest BCUT2D eigenvalue weighted by Crippen LogP contribution is 2.29. The minimum absolute atomic E-state index is 0.0967. The number of hydrogen-bond acceptors (Lipinski definition) is 4. The first-order valence-electron chi connectivity index (χ1n) is 10.0. The second-order valence-electron chi connectivity index (χ2n) is 6.94. The van der Waals surface area contributed by atoms with E-state index in [1.165, 1.54) is 23.9 Å². The Bertz CT molecular complexity index is 1210. The van der Waals surface area contributed by atoms with Crippen molar-refractivity contribution in [1.82, 2.24) is 20.1 Å². The molecule has 0 fully saturated rings. The predicted molar refractivity (Wildman–Crippen MR) is 121 cm³/mol. The fourth-order valence-corrected chi connectivity index (χ4v) is 3.99. The maximum atomic E-state index is 14.4. The average molecular weight is 451 g/mol. The van der Waals surface area contributed by atoms with Gasteiger partial charge in [0.05, 0.1) is 11.3 Å². The summed E-state index contributed by atoms with van der Waals surface area (Å²) in [6, 6.07) is 22.2. The molecule has 0 spiro atoms. The van der Waals surface area contributed by atoms with Crippen LogP contribution in [0.4, 0.5) is 8.78 Å². The lowest BCUT2D eigenvalue weighted by Gasteiger charge is -2.11. The van der Waals surface area contributed by atoms with Crippen LogP contribution in [-0.4, -0.2) is 33.0 Å². The van der Waals surface area contributed by atoms with Gasteiger partial charge in [-0.3, -0.25) is 9.36 Å². The summed E-state index contributed by atoms with van der Waals surface area (Å²) in [5.74, 6) is -0.440. The largest absolute Gasteiger partial charge is 0.355 e. The van der Waals surface area contributed by atoms with Crippen LogP contribution >= 0.6 is 11.8 Å². The molecule has 0 radical (unpaired) electrons. The quantitative estimate of drug-likeness (QED) is 0.397. The molecule has 0 unspecified atom stereocenters. The number of thioether (sulfide) groups is 1. The van der Waals surface area contributed by atoms with Gasteiger partial charge in [0.1, 0.15) is 11.6 Å². The van der Waals surface area contributed by atoms with E-state index in [0.717, 1.165) is 5.69 Å². The Morgan fingerprint density at radius 2 is 1.56 bits per heavy atom. The lowest BCUT2D eigenvalue weighted by Crippen LogP contribution is -2.27. The molecule has 162 valence electrons. The standard InChI is InChI=1S/C24H20F2N4OS/c25-20-12-6-4-8-17(20)14-15-27-22(31)16-32-24-29-28-23(19-11-5-7-13-21(19)26)30(24)18-9-2-1-3-10-18/h1-13H,14-16H2,(H,27,31). The Labute approximate surface area is 188 Å². The van der Waals surface area contributed by atoms with E-state index in [0.29, 0.717) is 35.1 Å². The normalized spacial score (nSPS) is 10.8. The van der Waals surface area contributed by atoms with Crippen LogP contribution < -0.4 is 5.32 Å². The minimum Gasteiger partial charge on any atom is -0.355 e. The van der Waals surface area contributed by atoms with Gasteiger partial charge in [-0.25, -0.2) is 8.78 Å². The van der Waals surface area contributed by atoms with Crippen molar-refractivity contribution in [2.24, 2.45) is 0 Å². The Kier molecular flexibility index (Phi) is 6.91. The zero-order valence-corrected chi connectivity index (χ0v) is 17.9. The molecule has 0 atom stereocenters. The number of hydrogen-bond donors (Lipinski definition) is 1. The molecule has 4 aromatic rings. The molecule has 1 aromatic heterocycles. The van der Waals surface area contributed by atoms with Crippen molar-refractivity contribution in [3.8, 4) is 17.1 Å². The molecule has 32 heavy (non-hydrogen) atoms.